The van der Waals surface area contributed by atoms with Crippen molar-refractivity contribution in [3.8, 4) is 0 Å². The van der Waals surface area contributed by atoms with E-state index in [2.05, 4.69) is 12.2 Å². The van der Waals surface area contributed by atoms with Gasteiger partial charge in [0.15, 0.2) is 0 Å². The number of hydrogen-bond donors (Lipinski definition) is 1. The lowest BCUT2D eigenvalue weighted by molar-refractivity contribution is -0.152. The summed E-state index contributed by atoms with van der Waals surface area (Å²) in [5.74, 6) is -0.00376. The molecule has 0 aliphatic carbocycles. The lowest BCUT2D eigenvalue weighted by atomic mass is 9.83. The van der Waals surface area contributed by atoms with E-state index in [0.717, 1.165) is 19.4 Å². The number of carbonyl (C=O) groups is 2. The van der Waals surface area contributed by atoms with Gasteiger partial charge in [-0.15, -0.1) is 0 Å². The van der Waals surface area contributed by atoms with Gasteiger partial charge in [0.25, 0.3) is 0 Å². The second-order valence-electron chi connectivity index (χ2n) is 6.73. The Kier molecular flexibility index (Phi) is 6.65. The van der Waals surface area contributed by atoms with E-state index in [1.807, 2.05) is 27.7 Å². The lowest BCUT2D eigenvalue weighted by Gasteiger charge is -2.43. The third kappa shape index (κ3) is 4.70. The Hall–Kier alpha value is -1.10. The summed E-state index contributed by atoms with van der Waals surface area (Å²) < 4.78 is 5.46. The SMILES string of the molecule is CCCOCCCN1C(=O)C(C(C)(C)C)NC(=O)C1CC. The van der Waals surface area contributed by atoms with Gasteiger partial charge in [0.05, 0.1) is 0 Å². The van der Waals surface area contributed by atoms with Gasteiger partial charge in [0.1, 0.15) is 12.1 Å². The minimum atomic E-state index is -0.440. The van der Waals surface area contributed by atoms with Crippen molar-refractivity contribution in [1.29, 1.82) is 0 Å². The fourth-order valence-electron chi connectivity index (χ4n) is 2.60. The van der Waals surface area contributed by atoms with Crippen LogP contribution in [0.5, 0.6) is 0 Å². The molecule has 5 heteroatoms. The van der Waals surface area contributed by atoms with Crippen molar-refractivity contribution in [1.82, 2.24) is 10.2 Å². The third-order valence-corrected chi connectivity index (χ3v) is 3.78. The minimum absolute atomic E-state index is 0.0319. The minimum Gasteiger partial charge on any atom is -0.381 e. The molecule has 0 aromatic rings. The maximum Gasteiger partial charge on any atom is 0.246 e. The highest BCUT2D eigenvalue weighted by Crippen LogP contribution is 2.26. The highest BCUT2D eigenvalue weighted by atomic mass is 16.5. The van der Waals surface area contributed by atoms with Gasteiger partial charge in [0, 0.05) is 19.8 Å². The quantitative estimate of drug-likeness (QED) is 0.731. The summed E-state index contributed by atoms with van der Waals surface area (Å²) in [5, 5.41) is 2.89. The summed E-state index contributed by atoms with van der Waals surface area (Å²) in [4.78, 5) is 26.7. The number of amides is 2. The highest BCUT2D eigenvalue weighted by molar-refractivity contribution is 5.97. The molecule has 1 heterocycles. The third-order valence-electron chi connectivity index (χ3n) is 3.78. The number of rotatable bonds is 7. The fraction of sp³-hybridized carbons (Fsp3) is 0.875. The largest absolute Gasteiger partial charge is 0.381 e. The van der Waals surface area contributed by atoms with E-state index in [9.17, 15) is 9.59 Å². The summed E-state index contributed by atoms with van der Waals surface area (Å²) in [6, 6.07) is -0.786. The Balaban J connectivity index is 2.70. The zero-order chi connectivity index (χ0) is 16.0. The van der Waals surface area contributed by atoms with Gasteiger partial charge in [0.2, 0.25) is 11.8 Å². The number of nitrogens with one attached hydrogen (secondary N) is 1. The summed E-state index contributed by atoms with van der Waals surface area (Å²) >= 11 is 0. The van der Waals surface area contributed by atoms with Crippen molar-refractivity contribution >= 4 is 11.8 Å². The molecule has 1 aliphatic rings. The van der Waals surface area contributed by atoms with Crippen LogP contribution in [-0.4, -0.2) is 48.6 Å². The van der Waals surface area contributed by atoms with Crippen LogP contribution in [-0.2, 0) is 14.3 Å². The van der Waals surface area contributed by atoms with E-state index in [1.54, 1.807) is 4.90 Å². The molecule has 21 heavy (non-hydrogen) atoms. The van der Waals surface area contributed by atoms with Gasteiger partial charge in [-0.3, -0.25) is 9.59 Å². The van der Waals surface area contributed by atoms with Crippen LogP contribution in [0.4, 0.5) is 0 Å². The maximum atomic E-state index is 12.7. The topological polar surface area (TPSA) is 58.6 Å². The van der Waals surface area contributed by atoms with E-state index < -0.39 is 6.04 Å². The van der Waals surface area contributed by atoms with Gasteiger partial charge < -0.3 is 15.0 Å². The van der Waals surface area contributed by atoms with Crippen molar-refractivity contribution in [3.63, 3.8) is 0 Å². The van der Waals surface area contributed by atoms with Crippen LogP contribution >= 0.6 is 0 Å². The first-order chi connectivity index (χ1) is 9.82. The molecule has 2 unspecified atom stereocenters. The molecule has 0 saturated carbocycles. The van der Waals surface area contributed by atoms with E-state index >= 15 is 0 Å². The van der Waals surface area contributed by atoms with Gasteiger partial charge in [-0.2, -0.15) is 0 Å². The monoisotopic (exact) mass is 298 g/mol. The van der Waals surface area contributed by atoms with Gasteiger partial charge in [-0.25, -0.2) is 0 Å². The molecule has 0 spiro atoms. The number of piperazine rings is 1. The molecule has 0 aromatic heterocycles. The smallest absolute Gasteiger partial charge is 0.246 e. The van der Waals surface area contributed by atoms with Crippen molar-refractivity contribution in [3.05, 3.63) is 0 Å². The fourth-order valence-corrected chi connectivity index (χ4v) is 2.60. The zero-order valence-electron chi connectivity index (χ0n) is 14.1. The molecule has 1 fully saturated rings. The number of carbonyl (C=O) groups excluding carboxylic acids is 2. The molecule has 2 amide bonds. The predicted octanol–water partition coefficient (Wildman–Crippen LogP) is 1.95. The first-order valence-electron chi connectivity index (χ1n) is 8.01. The zero-order valence-corrected chi connectivity index (χ0v) is 14.1. The molecule has 1 aliphatic heterocycles. The van der Waals surface area contributed by atoms with E-state index in [1.165, 1.54) is 0 Å². The molecule has 1 N–H and O–H groups in total. The Morgan fingerprint density at radius 2 is 1.86 bits per heavy atom. The summed E-state index contributed by atoms with van der Waals surface area (Å²) in [6.07, 6.45) is 2.41. The van der Waals surface area contributed by atoms with E-state index in [0.29, 0.717) is 19.6 Å². The van der Waals surface area contributed by atoms with Crippen molar-refractivity contribution in [2.75, 3.05) is 19.8 Å². The molecular formula is C16H30N2O3. The van der Waals surface area contributed by atoms with Crippen LogP contribution in [0.3, 0.4) is 0 Å². The molecule has 0 aromatic carbocycles. The van der Waals surface area contributed by atoms with Crippen molar-refractivity contribution in [2.45, 2.75) is 66.0 Å². The second-order valence-corrected chi connectivity index (χ2v) is 6.73. The molecular weight excluding hydrogens is 268 g/mol. The van der Waals surface area contributed by atoms with Gasteiger partial charge in [-0.1, -0.05) is 34.6 Å². The van der Waals surface area contributed by atoms with Gasteiger partial charge in [-0.05, 0) is 24.7 Å². The molecule has 122 valence electrons. The molecule has 1 saturated heterocycles. The average molecular weight is 298 g/mol. The van der Waals surface area contributed by atoms with E-state index in [4.69, 9.17) is 4.74 Å². The highest BCUT2D eigenvalue weighted by Gasteiger charge is 2.44. The second kappa shape index (κ2) is 7.78. The summed E-state index contributed by atoms with van der Waals surface area (Å²) in [6.45, 7) is 11.9. The Labute approximate surface area is 128 Å². The van der Waals surface area contributed by atoms with E-state index in [-0.39, 0.29) is 23.3 Å². The van der Waals surface area contributed by atoms with Crippen molar-refractivity contribution < 1.29 is 14.3 Å². The number of nitrogens with zero attached hydrogens (tertiary/aromatic N) is 1. The van der Waals surface area contributed by atoms with Crippen molar-refractivity contribution in [2.24, 2.45) is 5.41 Å². The van der Waals surface area contributed by atoms with Crippen LogP contribution < -0.4 is 5.32 Å². The summed E-state index contributed by atoms with van der Waals surface area (Å²) in [5.41, 5.74) is -0.275. The first kappa shape index (κ1) is 18.0. The Morgan fingerprint density at radius 1 is 1.19 bits per heavy atom. The van der Waals surface area contributed by atoms with Crippen LogP contribution in [0.15, 0.2) is 0 Å². The lowest BCUT2D eigenvalue weighted by Crippen LogP contribution is -2.66. The first-order valence-corrected chi connectivity index (χ1v) is 8.01. The Morgan fingerprint density at radius 3 is 2.38 bits per heavy atom. The van der Waals surface area contributed by atoms with Crippen LogP contribution in [0.25, 0.3) is 0 Å². The van der Waals surface area contributed by atoms with Crippen LogP contribution in [0.2, 0.25) is 0 Å². The van der Waals surface area contributed by atoms with Crippen LogP contribution in [0.1, 0.15) is 53.9 Å². The molecule has 0 bridgehead atoms. The van der Waals surface area contributed by atoms with Crippen LogP contribution in [0, 0.1) is 5.41 Å². The standard InChI is InChI=1S/C16H30N2O3/c1-6-10-21-11-8-9-18-12(7-2)14(19)17-13(15(18)20)16(3,4)5/h12-13H,6-11H2,1-5H3,(H,17,19). The predicted molar refractivity (Wildman–Crippen MR) is 82.9 cm³/mol. The van der Waals surface area contributed by atoms with Gasteiger partial charge >= 0.3 is 0 Å². The number of ether oxygens (including phenoxy) is 1. The molecule has 1 rings (SSSR count). The molecule has 5 nitrogen and oxygen atoms in total. The average Bonchev–Trinajstić information content (AvgIpc) is 2.40. The maximum absolute atomic E-state index is 12.7. The summed E-state index contributed by atoms with van der Waals surface area (Å²) in [7, 11) is 0. The normalized spacial score (nSPS) is 23.4. The number of hydrogen-bond acceptors (Lipinski definition) is 3. The molecule has 0 radical (unpaired) electrons. The Bertz CT molecular complexity index is 363. The molecule has 2 atom stereocenters.